The number of nitrogens with zero attached hydrogens (tertiary/aromatic N) is 1. The van der Waals surface area contributed by atoms with Crippen molar-refractivity contribution in [3.8, 4) is 22.6 Å². The van der Waals surface area contributed by atoms with Gasteiger partial charge in [0.1, 0.15) is 11.5 Å². The lowest BCUT2D eigenvalue weighted by molar-refractivity contribution is 0.350. The van der Waals surface area contributed by atoms with Gasteiger partial charge in [0.2, 0.25) is 0 Å². The molecule has 0 saturated heterocycles. The largest absolute Gasteiger partial charge is 0.457 e. The highest BCUT2D eigenvalue weighted by Gasteiger charge is 2.57. The quantitative estimate of drug-likeness (QED) is 0.182. The Labute approximate surface area is 318 Å². The van der Waals surface area contributed by atoms with Crippen molar-refractivity contribution in [3.63, 3.8) is 0 Å². The van der Waals surface area contributed by atoms with Gasteiger partial charge in [-0.15, -0.1) is 0 Å². The first kappa shape index (κ1) is 31.6. The fourth-order valence-corrected chi connectivity index (χ4v) is 11.6. The second-order valence-corrected chi connectivity index (χ2v) is 17.2. The van der Waals surface area contributed by atoms with E-state index in [1.54, 1.807) is 0 Å². The Morgan fingerprint density at radius 1 is 0.426 bits per heavy atom. The van der Waals surface area contributed by atoms with E-state index in [0.29, 0.717) is 0 Å². The molecule has 3 aliphatic carbocycles. The van der Waals surface area contributed by atoms with Gasteiger partial charge < -0.3 is 9.64 Å². The first-order chi connectivity index (χ1) is 26.2. The van der Waals surface area contributed by atoms with Crippen LogP contribution in [0.1, 0.15) is 85.0 Å². The van der Waals surface area contributed by atoms with Crippen LogP contribution in [0.5, 0.6) is 11.5 Å². The summed E-state index contributed by atoms with van der Waals surface area (Å²) in [5.41, 5.74) is 16.5. The van der Waals surface area contributed by atoms with Gasteiger partial charge >= 0.3 is 0 Å². The van der Waals surface area contributed by atoms with E-state index in [-0.39, 0.29) is 16.2 Å². The van der Waals surface area contributed by atoms with Crippen molar-refractivity contribution in [2.24, 2.45) is 0 Å². The highest BCUT2D eigenvalue weighted by molar-refractivity contribution is 5.91. The third-order valence-corrected chi connectivity index (χ3v) is 13.2. The molecule has 0 radical (unpaired) electrons. The van der Waals surface area contributed by atoms with Crippen LogP contribution in [-0.4, -0.2) is 0 Å². The molecule has 1 aliphatic heterocycles. The number of fused-ring (bicyclic) bond motifs is 13. The summed E-state index contributed by atoms with van der Waals surface area (Å²) < 4.78 is 6.66. The Morgan fingerprint density at radius 2 is 0.981 bits per heavy atom. The molecule has 1 unspecified atom stereocenters. The van der Waals surface area contributed by atoms with Crippen molar-refractivity contribution >= 4 is 17.1 Å². The van der Waals surface area contributed by atoms with E-state index in [1.165, 1.54) is 61.3 Å². The molecule has 0 saturated carbocycles. The van der Waals surface area contributed by atoms with Gasteiger partial charge in [0.25, 0.3) is 0 Å². The smallest absolute Gasteiger partial charge is 0.132 e. The molecule has 11 rings (SSSR count). The van der Waals surface area contributed by atoms with Crippen molar-refractivity contribution in [2.45, 2.75) is 62.2 Å². The number of benzene rings is 7. The molecule has 7 aromatic carbocycles. The Balaban J connectivity index is 1.19. The maximum absolute atomic E-state index is 6.66. The zero-order valence-electron chi connectivity index (χ0n) is 31.4. The van der Waals surface area contributed by atoms with Crippen molar-refractivity contribution in [1.82, 2.24) is 0 Å². The zero-order chi connectivity index (χ0) is 36.5. The Hall–Kier alpha value is -5.86. The summed E-state index contributed by atoms with van der Waals surface area (Å²) in [4.78, 5) is 2.54. The van der Waals surface area contributed by atoms with E-state index >= 15 is 0 Å². The molecule has 1 heterocycles. The standard InChI is InChI=1S/C52H43NO/c1-49(2)32-51(40-22-11-10-21-39(40)49)33-50(3,4)48-43(51)25-16-26-45(48)53(34-17-6-5-7-18-34)35-29-30-37-36-19-8-9-20-38(36)52(44(37)31-35)41-23-12-14-27-46(41)54-47-28-15-13-24-42(47)52/h5-31H,32-33H2,1-4H3. The van der Waals surface area contributed by atoms with E-state index in [9.17, 15) is 0 Å². The van der Waals surface area contributed by atoms with Crippen LogP contribution in [0.3, 0.4) is 0 Å². The minimum Gasteiger partial charge on any atom is -0.457 e. The summed E-state index contributed by atoms with van der Waals surface area (Å²) in [7, 11) is 0. The summed E-state index contributed by atoms with van der Waals surface area (Å²) >= 11 is 0. The second kappa shape index (κ2) is 10.9. The number of hydrogen-bond acceptors (Lipinski definition) is 2. The van der Waals surface area contributed by atoms with Crippen LogP contribution < -0.4 is 9.64 Å². The molecular weight excluding hydrogens is 655 g/mol. The van der Waals surface area contributed by atoms with Crippen LogP contribution >= 0.6 is 0 Å². The van der Waals surface area contributed by atoms with Gasteiger partial charge in [-0.1, -0.05) is 149 Å². The maximum Gasteiger partial charge on any atom is 0.132 e. The van der Waals surface area contributed by atoms with Crippen LogP contribution in [0, 0.1) is 0 Å². The average Bonchev–Trinajstić information content (AvgIpc) is 3.71. The van der Waals surface area contributed by atoms with Gasteiger partial charge in [-0.2, -0.15) is 0 Å². The van der Waals surface area contributed by atoms with Gasteiger partial charge in [-0.05, 0) is 111 Å². The molecule has 54 heavy (non-hydrogen) atoms. The molecule has 4 aliphatic rings. The third-order valence-electron chi connectivity index (χ3n) is 13.2. The summed E-state index contributed by atoms with van der Waals surface area (Å²) in [6, 6.07) is 60.9. The van der Waals surface area contributed by atoms with Gasteiger partial charge in [0.15, 0.2) is 0 Å². The van der Waals surface area contributed by atoms with Crippen molar-refractivity contribution in [3.05, 3.63) is 208 Å². The summed E-state index contributed by atoms with van der Waals surface area (Å²) in [6.07, 6.45) is 2.21. The number of ether oxygens (including phenoxy) is 1. The van der Waals surface area contributed by atoms with Gasteiger partial charge in [-0.3, -0.25) is 0 Å². The molecule has 0 bridgehead atoms. The van der Waals surface area contributed by atoms with Crippen molar-refractivity contribution in [1.29, 1.82) is 0 Å². The van der Waals surface area contributed by atoms with E-state index in [1.807, 2.05) is 0 Å². The van der Waals surface area contributed by atoms with Crippen LogP contribution in [0.15, 0.2) is 164 Å². The number of rotatable bonds is 3. The SMILES string of the molecule is CC1(C)CC2(CC(C)(C)c3c(N(c4ccccc4)c4ccc5c(c4)C4(c6ccccc6Oc6ccccc64)c4ccccc4-5)cccc32)c2ccccc21. The molecular formula is C52H43NO. The second-order valence-electron chi connectivity index (χ2n) is 17.2. The molecule has 2 heteroatoms. The molecule has 0 amide bonds. The minimum atomic E-state index is -0.531. The van der Waals surface area contributed by atoms with Crippen LogP contribution in [-0.2, 0) is 21.7 Å². The molecule has 2 spiro atoms. The Kier molecular flexibility index (Phi) is 6.36. The average molecular weight is 698 g/mol. The molecule has 7 aromatic rings. The molecule has 0 fully saturated rings. The highest BCUT2D eigenvalue weighted by atomic mass is 16.5. The van der Waals surface area contributed by atoms with Gasteiger partial charge in [0.05, 0.1) is 11.1 Å². The fourth-order valence-electron chi connectivity index (χ4n) is 11.6. The van der Waals surface area contributed by atoms with Crippen LogP contribution in [0.4, 0.5) is 17.1 Å². The van der Waals surface area contributed by atoms with Crippen LogP contribution in [0.2, 0.25) is 0 Å². The number of para-hydroxylation sites is 3. The molecule has 1 atom stereocenters. The molecule has 2 nitrogen and oxygen atoms in total. The summed E-state index contributed by atoms with van der Waals surface area (Å²) in [5.74, 6) is 1.83. The topological polar surface area (TPSA) is 12.5 Å². The molecule has 262 valence electrons. The van der Waals surface area contributed by atoms with Gasteiger partial charge in [-0.25, -0.2) is 0 Å². The lowest BCUT2D eigenvalue weighted by Gasteiger charge is -2.40. The van der Waals surface area contributed by atoms with Crippen molar-refractivity contribution in [2.75, 3.05) is 4.90 Å². The van der Waals surface area contributed by atoms with E-state index in [4.69, 9.17) is 4.74 Å². The minimum absolute atomic E-state index is 0.0313. The van der Waals surface area contributed by atoms with Gasteiger partial charge in [0, 0.05) is 27.9 Å². The lowest BCUT2D eigenvalue weighted by Crippen LogP contribution is -2.32. The lowest BCUT2D eigenvalue weighted by atomic mass is 9.66. The Morgan fingerprint density at radius 3 is 1.70 bits per heavy atom. The van der Waals surface area contributed by atoms with Crippen LogP contribution in [0.25, 0.3) is 11.1 Å². The predicted octanol–water partition coefficient (Wildman–Crippen LogP) is 13.3. The number of anilines is 3. The predicted molar refractivity (Wildman–Crippen MR) is 221 cm³/mol. The normalized spacial score (nSPS) is 19.6. The van der Waals surface area contributed by atoms with E-state index in [0.717, 1.165) is 35.7 Å². The summed E-state index contributed by atoms with van der Waals surface area (Å²) in [6.45, 7) is 9.84. The number of hydrogen-bond donors (Lipinski definition) is 0. The van der Waals surface area contributed by atoms with E-state index in [2.05, 4.69) is 196 Å². The molecule has 0 N–H and O–H groups in total. The van der Waals surface area contributed by atoms with Crippen molar-refractivity contribution < 1.29 is 4.74 Å². The monoisotopic (exact) mass is 697 g/mol. The third kappa shape index (κ3) is 4.01. The molecule has 0 aromatic heterocycles. The first-order valence-electron chi connectivity index (χ1n) is 19.4. The maximum atomic E-state index is 6.66. The highest BCUT2D eigenvalue weighted by Crippen LogP contribution is 2.66. The Bertz CT molecular complexity index is 2620. The zero-order valence-corrected chi connectivity index (χ0v) is 31.4. The first-order valence-corrected chi connectivity index (χ1v) is 19.4. The fraction of sp³-hybridized carbons (Fsp3) is 0.192. The van der Waals surface area contributed by atoms with E-state index < -0.39 is 5.41 Å². The summed E-state index contributed by atoms with van der Waals surface area (Å²) in [5, 5.41) is 0.